The van der Waals surface area contributed by atoms with Crippen LogP contribution in [0.2, 0.25) is 5.02 Å². The van der Waals surface area contributed by atoms with E-state index in [9.17, 15) is 14.0 Å². The number of carbonyl (C=O) groups is 2. The Hall–Kier alpha value is -4.78. The van der Waals surface area contributed by atoms with Gasteiger partial charge in [0, 0.05) is 23.9 Å². The van der Waals surface area contributed by atoms with Gasteiger partial charge in [-0.05, 0) is 65.5 Å². The summed E-state index contributed by atoms with van der Waals surface area (Å²) < 4.78 is 23.6. The van der Waals surface area contributed by atoms with Crippen LogP contribution in [0.4, 0.5) is 27.3 Å². The van der Waals surface area contributed by atoms with E-state index in [-0.39, 0.29) is 29.8 Å². The zero-order valence-electron chi connectivity index (χ0n) is 22.1. The number of nitrogen functional groups attached to an aromatic ring is 1. The average molecular weight is 610 g/mol. The Balaban J connectivity index is 0.000000244. The number of fused-ring (bicyclic) bond motifs is 1. The van der Waals surface area contributed by atoms with Crippen LogP contribution >= 0.6 is 22.9 Å². The van der Waals surface area contributed by atoms with Gasteiger partial charge in [0.1, 0.15) is 41.8 Å². The smallest absolute Gasteiger partial charge is 0.348 e. The van der Waals surface area contributed by atoms with Crippen LogP contribution in [0.15, 0.2) is 78.4 Å². The first-order chi connectivity index (χ1) is 20.2. The van der Waals surface area contributed by atoms with Gasteiger partial charge in [0.15, 0.2) is 0 Å². The van der Waals surface area contributed by atoms with Crippen LogP contribution in [0.5, 0.6) is 5.75 Å². The van der Waals surface area contributed by atoms with E-state index in [2.05, 4.69) is 25.3 Å². The molecule has 0 bridgehead atoms. The van der Waals surface area contributed by atoms with Gasteiger partial charge in [-0.1, -0.05) is 23.7 Å². The summed E-state index contributed by atoms with van der Waals surface area (Å²) in [7, 11) is 1.39. The molecule has 3 aromatic carbocycles. The number of benzene rings is 3. The van der Waals surface area contributed by atoms with E-state index >= 15 is 0 Å². The molecule has 2 heterocycles. The topological polar surface area (TPSA) is 149 Å². The molecule has 0 atom stereocenters. The maximum atomic E-state index is 13.3. The van der Waals surface area contributed by atoms with Crippen molar-refractivity contribution >= 4 is 68.6 Å². The first-order valence-electron chi connectivity index (χ1n) is 12.3. The second-order valence-electron chi connectivity index (χ2n) is 8.64. The predicted molar refractivity (Wildman–Crippen MR) is 161 cm³/mol. The van der Waals surface area contributed by atoms with E-state index in [1.165, 1.54) is 25.6 Å². The second-order valence-corrected chi connectivity index (χ2v) is 9.96. The third kappa shape index (κ3) is 8.13. The van der Waals surface area contributed by atoms with Crippen molar-refractivity contribution in [2.24, 2.45) is 0 Å². The minimum Gasteiger partial charge on any atom is -0.487 e. The SMILES string of the molecule is COCC(=O)Nc1ccsc1C(=O)O.Nc1ccc2ncnc(Nc3ccc(OCc4cccc(F)c4)c(Cl)c3)c2c1. The first kappa shape index (κ1) is 30.2. The molecule has 216 valence electrons. The molecule has 0 aliphatic heterocycles. The maximum absolute atomic E-state index is 13.3. The summed E-state index contributed by atoms with van der Waals surface area (Å²) >= 11 is 7.41. The normalized spacial score (nSPS) is 10.5. The molecule has 2 aromatic heterocycles. The number of halogens is 2. The zero-order chi connectivity index (χ0) is 30.1. The lowest BCUT2D eigenvalue weighted by Crippen LogP contribution is -2.18. The summed E-state index contributed by atoms with van der Waals surface area (Å²) in [6, 6.07) is 18.6. The number of aromatic nitrogens is 2. The lowest BCUT2D eigenvalue weighted by molar-refractivity contribution is -0.119. The number of carbonyl (C=O) groups excluding carboxylic acids is 1. The van der Waals surface area contributed by atoms with Crippen LogP contribution in [0.1, 0.15) is 15.2 Å². The van der Waals surface area contributed by atoms with Gasteiger partial charge < -0.3 is 30.9 Å². The third-order valence-corrected chi connectivity index (χ3v) is 6.74. The Labute approximate surface area is 248 Å². The number of nitrogens with one attached hydrogen (secondary N) is 2. The van der Waals surface area contributed by atoms with Gasteiger partial charge >= 0.3 is 5.97 Å². The number of ether oxygens (including phenoxy) is 2. The number of nitrogens with zero attached hydrogens (tertiary/aromatic N) is 2. The van der Waals surface area contributed by atoms with E-state index < -0.39 is 5.97 Å². The molecule has 0 unspecified atom stereocenters. The number of hydrogen-bond acceptors (Lipinski definition) is 9. The summed E-state index contributed by atoms with van der Waals surface area (Å²) in [5.74, 6) is -0.583. The molecule has 5 N–H and O–H groups in total. The van der Waals surface area contributed by atoms with Crippen LogP contribution < -0.4 is 21.1 Å². The van der Waals surface area contributed by atoms with Gasteiger partial charge in [-0.25, -0.2) is 19.2 Å². The Morgan fingerprint density at radius 3 is 2.67 bits per heavy atom. The number of hydrogen-bond donors (Lipinski definition) is 4. The van der Waals surface area contributed by atoms with E-state index in [4.69, 9.17) is 27.2 Å². The van der Waals surface area contributed by atoms with E-state index in [1.54, 1.807) is 41.8 Å². The van der Waals surface area contributed by atoms with Crippen molar-refractivity contribution < 1.29 is 28.6 Å². The fraction of sp³-hybridized carbons (Fsp3) is 0.103. The van der Waals surface area contributed by atoms with Gasteiger partial charge in [-0.15, -0.1) is 11.3 Å². The van der Waals surface area contributed by atoms with Crippen LogP contribution in [-0.2, 0) is 16.1 Å². The summed E-state index contributed by atoms with van der Waals surface area (Å²) in [5.41, 5.74) is 9.07. The number of carboxylic acid groups (broad SMARTS) is 1. The van der Waals surface area contributed by atoms with Crippen molar-refractivity contribution in [1.82, 2.24) is 9.97 Å². The zero-order valence-corrected chi connectivity index (χ0v) is 23.7. The van der Waals surface area contributed by atoms with Crippen molar-refractivity contribution in [2.45, 2.75) is 6.61 Å². The number of nitrogens with two attached hydrogens (primary N) is 1. The highest BCUT2D eigenvalue weighted by Crippen LogP contribution is 2.31. The highest BCUT2D eigenvalue weighted by molar-refractivity contribution is 7.12. The van der Waals surface area contributed by atoms with Gasteiger partial charge in [-0.3, -0.25) is 4.79 Å². The average Bonchev–Trinajstić information content (AvgIpc) is 3.42. The molecule has 10 nitrogen and oxygen atoms in total. The molecule has 42 heavy (non-hydrogen) atoms. The van der Waals surface area contributed by atoms with Crippen molar-refractivity contribution in [2.75, 3.05) is 30.1 Å². The third-order valence-electron chi connectivity index (χ3n) is 5.55. The minimum atomic E-state index is -1.05. The summed E-state index contributed by atoms with van der Waals surface area (Å²) in [6.07, 6.45) is 1.49. The Morgan fingerprint density at radius 1 is 1.10 bits per heavy atom. The maximum Gasteiger partial charge on any atom is 0.348 e. The highest BCUT2D eigenvalue weighted by Gasteiger charge is 2.13. The number of carboxylic acids is 1. The van der Waals surface area contributed by atoms with Crippen LogP contribution in [0.3, 0.4) is 0 Å². The molecule has 5 aromatic rings. The monoisotopic (exact) mass is 609 g/mol. The fourth-order valence-corrected chi connectivity index (χ4v) is 4.61. The predicted octanol–water partition coefficient (Wildman–Crippen LogP) is 6.36. The van der Waals surface area contributed by atoms with Crippen molar-refractivity contribution in [3.05, 3.63) is 99.7 Å². The first-order valence-corrected chi connectivity index (χ1v) is 13.5. The minimum absolute atomic E-state index is 0.0884. The molecular formula is C29H25ClFN5O5S. The van der Waals surface area contributed by atoms with Gasteiger partial charge in [0.2, 0.25) is 5.91 Å². The number of rotatable bonds is 9. The van der Waals surface area contributed by atoms with Crippen molar-refractivity contribution in [1.29, 1.82) is 0 Å². The number of thiophene rings is 1. The van der Waals surface area contributed by atoms with E-state index in [0.717, 1.165) is 33.5 Å². The lowest BCUT2D eigenvalue weighted by atomic mass is 10.2. The summed E-state index contributed by atoms with van der Waals surface area (Å²) in [4.78, 5) is 30.4. The molecular weight excluding hydrogens is 585 g/mol. The van der Waals surface area contributed by atoms with Crippen molar-refractivity contribution in [3.63, 3.8) is 0 Å². The Kier molecular flexibility index (Phi) is 10.2. The fourth-order valence-electron chi connectivity index (χ4n) is 3.68. The molecule has 0 saturated heterocycles. The molecule has 1 amide bonds. The summed E-state index contributed by atoms with van der Waals surface area (Å²) in [5, 5.41) is 17.2. The molecule has 0 aliphatic carbocycles. The van der Waals surface area contributed by atoms with Crippen LogP contribution in [0.25, 0.3) is 10.9 Å². The molecule has 0 spiro atoms. The molecule has 0 aliphatic rings. The lowest BCUT2D eigenvalue weighted by Gasteiger charge is -2.12. The van der Waals surface area contributed by atoms with Crippen LogP contribution in [0, 0.1) is 5.82 Å². The molecule has 0 saturated carbocycles. The molecule has 5 rings (SSSR count). The van der Waals surface area contributed by atoms with Crippen LogP contribution in [-0.4, -0.2) is 40.7 Å². The number of aromatic carboxylic acids is 1. The number of amides is 1. The Morgan fingerprint density at radius 2 is 1.93 bits per heavy atom. The van der Waals surface area contributed by atoms with Gasteiger partial charge in [-0.2, -0.15) is 0 Å². The van der Waals surface area contributed by atoms with Crippen molar-refractivity contribution in [3.8, 4) is 5.75 Å². The second kappa shape index (κ2) is 14.2. The molecule has 0 fully saturated rings. The standard InChI is InChI=1S/C21H16ClFN4O.C8H9NO4S/c22-18-10-16(5-7-20(18)28-11-13-2-1-3-14(23)8-13)27-21-17-9-15(24)4-6-19(17)25-12-26-21;1-13-4-6(10)9-5-2-3-14-7(5)8(11)12/h1-10,12H,11,24H2,(H,25,26,27);2-3H,4H2,1H3,(H,9,10)(H,11,12). The molecule has 13 heteroatoms. The van der Waals surface area contributed by atoms with Gasteiger partial charge in [0.05, 0.1) is 16.2 Å². The number of methoxy groups -OCH3 is 1. The highest BCUT2D eigenvalue weighted by atomic mass is 35.5. The van der Waals surface area contributed by atoms with E-state index in [1.807, 2.05) is 18.2 Å². The van der Waals surface area contributed by atoms with Gasteiger partial charge in [0.25, 0.3) is 0 Å². The number of anilines is 4. The Bertz CT molecular complexity index is 1720. The molecule has 0 radical (unpaired) electrons. The summed E-state index contributed by atoms with van der Waals surface area (Å²) in [6.45, 7) is 0.134. The van der Waals surface area contributed by atoms with E-state index in [0.29, 0.717) is 28.0 Å². The quantitative estimate of drug-likeness (QED) is 0.140. The largest absolute Gasteiger partial charge is 0.487 e.